The highest BCUT2D eigenvalue weighted by atomic mass is 16.6. The number of hydrogen-bond donors (Lipinski definition) is 1. The summed E-state index contributed by atoms with van der Waals surface area (Å²) in [5.74, 6) is 2.17. The first-order chi connectivity index (χ1) is 16.2. The topological polar surface area (TPSA) is 101 Å². The summed E-state index contributed by atoms with van der Waals surface area (Å²) in [5, 5.41) is 7.80. The standard InChI is InChI=1S/C24H26N4O5/c1-14-20-18(33-22(14)23(29)26-10-16-4-3-9-30-16)7-6-15-11-28(27-21(15)20)12-17-13-31-24-19(32-17)5-2-8-25-24/h2,5,8,11,16-17H,3-4,6-7,9-10,12-13H2,1H3,(H,26,29)/t16-,17+/m0/s1. The fourth-order valence-corrected chi connectivity index (χ4v) is 4.82. The van der Waals surface area contributed by atoms with Crippen molar-refractivity contribution < 1.29 is 23.4 Å². The van der Waals surface area contributed by atoms with Crippen LogP contribution in [-0.2, 0) is 24.1 Å². The first-order valence-electron chi connectivity index (χ1n) is 11.5. The summed E-state index contributed by atoms with van der Waals surface area (Å²) in [7, 11) is 0. The maximum atomic E-state index is 12.8. The summed E-state index contributed by atoms with van der Waals surface area (Å²) in [4.78, 5) is 17.0. The number of hydrogen-bond acceptors (Lipinski definition) is 7. The Morgan fingerprint density at radius 1 is 1.30 bits per heavy atom. The summed E-state index contributed by atoms with van der Waals surface area (Å²) in [5.41, 5.74) is 3.80. The minimum absolute atomic E-state index is 0.0925. The molecular weight excluding hydrogens is 424 g/mol. The Kier molecular flexibility index (Phi) is 5.05. The first-order valence-corrected chi connectivity index (χ1v) is 11.5. The first kappa shape index (κ1) is 20.3. The summed E-state index contributed by atoms with van der Waals surface area (Å²) < 4.78 is 25.3. The molecule has 33 heavy (non-hydrogen) atoms. The number of pyridine rings is 1. The molecule has 6 rings (SSSR count). The van der Waals surface area contributed by atoms with Gasteiger partial charge in [0.2, 0.25) is 0 Å². The van der Waals surface area contributed by atoms with Gasteiger partial charge in [0.05, 0.1) is 18.3 Å². The Hall–Kier alpha value is -3.33. The molecule has 0 aromatic carbocycles. The highest BCUT2D eigenvalue weighted by Gasteiger charge is 2.31. The van der Waals surface area contributed by atoms with E-state index in [1.165, 1.54) is 0 Å². The van der Waals surface area contributed by atoms with Gasteiger partial charge in [0, 0.05) is 43.1 Å². The van der Waals surface area contributed by atoms with Crippen LogP contribution in [0.5, 0.6) is 11.6 Å². The number of ether oxygens (including phenoxy) is 3. The number of aromatic nitrogens is 3. The fourth-order valence-electron chi connectivity index (χ4n) is 4.82. The van der Waals surface area contributed by atoms with Crippen LogP contribution < -0.4 is 14.8 Å². The van der Waals surface area contributed by atoms with Crippen molar-refractivity contribution in [2.45, 2.75) is 51.4 Å². The molecule has 3 aromatic rings. The molecule has 1 amide bonds. The van der Waals surface area contributed by atoms with E-state index in [1.807, 2.05) is 23.7 Å². The third kappa shape index (κ3) is 3.76. The monoisotopic (exact) mass is 450 g/mol. The molecular formula is C24H26N4O5. The number of amides is 1. The second-order valence-electron chi connectivity index (χ2n) is 8.78. The molecule has 0 unspecified atom stereocenters. The lowest BCUT2D eigenvalue weighted by Gasteiger charge is -2.25. The number of nitrogens with one attached hydrogen (secondary N) is 1. The van der Waals surface area contributed by atoms with Crippen molar-refractivity contribution in [2.24, 2.45) is 0 Å². The average Bonchev–Trinajstić information content (AvgIpc) is 3.56. The molecule has 0 saturated carbocycles. The molecule has 2 atom stereocenters. The zero-order valence-electron chi connectivity index (χ0n) is 18.5. The molecule has 1 aliphatic carbocycles. The Balaban J connectivity index is 1.19. The van der Waals surface area contributed by atoms with Crippen molar-refractivity contribution in [1.82, 2.24) is 20.1 Å². The van der Waals surface area contributed by atoms with Gasteiger partial charge in [-0.1, -0.05) is 0 Å². The lowest BCUT2D eigenvalue weighted by Crippen LogP contribution is -2.33. The molecule has 3 aromatic heterocycles. The maximum Gasteiger partial charge on any atom is 0.287 e. The van der Waals surface area contributed by atoms with Gasteiger partial charge in [-0.25, -0.2) is 4.98 Å². The van der Waals surface area contributed by atoms with Gasteiger partial charge in [0.1, 0.15) is 12.4 Å². The molecule has 0 radical (unpaired) electrons. The molecule has 1 fully saturated rings. The van der Waals surface area contributed by atoms with Crippen molar-refractivity contribution in [3.63, 3.8) is 0 Å². The summed E-state index contributed by atoms with van der Waals surface area (Å²) in [6.07, 6.45) is 7.27. The molecule has 0 spiro atoms. The largest absolute Gasteiger partial charge is 0.479 e. The maximum absolute atomic E-state index is 12.8. The van der Waals surface area contributed by atoms with Crippen LogP contribution in [0.2, 0.25) is 0 Å². The van der Waals surface area contributed by atoms with Gasteiger partial charge in [0.25, 0.3) is 11.8 Å². The number of nitrogens with zero attached hydrogens (tertiary/aromatic N) is 3. The lowest BCUT2D eigenvalue weighted by atomic mass is 9.93. The Morgan fingerprint density at radius 3 is 3.12 bits per heavy atom. The van der Waals surface area contributed by atoms with Crippen molar-refractivity contribution in [2.75, 3.05) is 19.8 Å². The van der Waals surface area contributed by atoms with Gasteiger partial charge < -0.3 is 23.9 Å². The van der Waals surface area contributed by atoms with E-state index in [9.17, 15) is 4.79 Å². The van der Waals surface area contributed by atoms with Crippen LogP contribution in [0, 0.1) is 6.92 Å². The van der Waals surface area contributed by atoms with Crippen LogP contribution in [0.25, 0.3) is 11.3 Å². The Labute approximate surface area is 191 Å². The SMILES string of the molecule is Cc1c(C(=O)NC[C@@H]2CCCO2)oc2c1-c1nn(C[C@@H]3COc4ncccc4O3)cc1CC2. The predicted octanol–water partition coefficient (Wildman–Crippen LogP) is 2.69. The number of furan rings is 1. The molecule has 172 valence electrons. The third-order valence-electron chi connectivity index (χ3n) is 6.46. The summed E-state index contributed by atoms with van der Waals surface area (Å²) in [6.45, 7) is 4.18. The summed E-state index contributed by atoms with van der Waals surface area (Å²) in [6, 6.07) is 3.68. The second-order valence-corrected chi connectivity index (χ2v) is 8.78. The number of rotatable bonds is 5. The Bertz CT molecular complexity index is 1190. The van der Waals surface area contributed by atoms with Gasteiger partial charge in [0.15, 0.2) is 17.6 Å². The van der Waals surface area contributed by atoms with Gasteiger partial charge in [-0.15, -0.1) is 0 Å². The smallest absolute Gasteiger partial charge is 0.287 e. The molecule has 9 heteroatoms. The van der Waals surface area contributed by atoms with E-state index >= 15 is 0 Å². The van der Waals surface area contributed by atoms with Gasteiger partial charge in [-0.2, -0.15) is 5.10 Å². The normalized spacial score (nSPS) is 20.9. The van der Waals surface area contributed by atoms with E-state index in [0.717, 1.165) is 60.4 Å². The number of carbonyl (C=O) groups is 1. The number of aryl methyl sites for hydroxylation is 2. The van der Waals surface area contributed by atoms with Crippen molar-refractivity contribution in [3.05, 3.63) is 47.2 Å². The van der Waals surface area contributed by atoms with E-state index in [2.05, 4.69) is 16.5 Å². The highest BCUT2D eigenvalue weighted by molar-refractivity contribution is 5.95. The van der Waals surface area contributed by atoms with Gasteiger partial charge in [-0.3, -0.25) is 9.48 Å². The van der Waals surface area contributed by atoms with Crippen molar-refractivity contribution in [3.8, 4) is 22.9 Å². The van der Waals surface area contributed by atoms with Crippen molar-refractivity contribution >= 4 is 5.91 Å². The lowest BCUT2D eigenvalue weighted by molar-refractivity contribution is 0.0716. The summed E-state index contributed by atoms with van der Waals surface area (Å²) >= 11 is 0. The number of fused-ring (bicyclic) bond motifs is 4. The number of carbonyl (C=O) groups excluding carboxylic acids is 1. The molecule has 3 aliphatic rings. The molecule has 0 bridgehead atoms. The molecule has 1 saturated heterocycles. The molecule has 9 nitrogen and oxygen atoms in total. The van der Waals surface area contributed by atoms with Crippen LogP contribution >= 0.6 is 0 Å². The van der Waals surface area contributed by atoms with Crippen LogP contribution in [-0.4, -0.2) is 52.6 Å². The van der Waals surface area contributed by atoms with Crippen molar-refractivity contribution in [1.29, 1.82) is 0 Å². The molecule has 2 aliphatic heterocycles. The van der Waals surface area contributed by atoms with Gasteiger partial charge in [-0.05, 0) is 43.9 Å². The van der Waals surface area contributed by atoms with Crippen LogP contribution in [0.4, 0.5) is 0 Å². The van der Waals surface area contributed by atoms with Crippen LogP contribution in [0.1, 0.15) is 40.3 Å². The van der Waals surface area contributed by atoms with E-state index in [0.29, 0.717) is 37.1 Å². The van der Waals surface area contributed by atoms with E-state index in [4.69, 9.17) is 23.7 Å². The minimum Gasteiger partial charge on any atom is -0.479 e. The van der Waals surface area contributed by atoms with Crippen LogP contribution in [0.3, 0.4) is 0 Å². The zero-order valence-corrected chi connectivity index (χ0v) is 18.5. The zero-order chi connectivity index (χ0) is 22.4. The van der Waals surface area contributed by atoms with Crippen LogP contribution in [0.15, 0.2) is 28.9 Å². The fraction of sp³-hybridized carbons (Fsp3) is 0.458. The third-order valence-corrected chi connectivity index (χ3v) is 6.46. The highest BCUT2D eigenvalue weighted by Crippen LogP contribution is 2.38. The minimum atomic E-state index is -0.196. The average molecular weight is 450 g/mol. The van der Waals surface area contributed by atoms with Gasteiger partial charge >= 0.3 is 0 Å². The second kappa shape index (κ2) is 8.22. The Morgan fingerprint density at radius 2 is 2.24 bits per heavy atom. The quantitative estimate of drug-likeness (QED) is 0.638. The molecule has 1 N–H and O–H groups in total. The van der Waals surface area contributed by atoms with E-state index in [1.54, 1.807) is 6.20 Å². The predicted molar refractivity (Wildman–Crippen MR) is 118 cm³/mol. The van der Waals surface area contributed by atoms with E-state index < -0.39 is 0 Å². The van der Waals surface area contributed by atoms with E-state index in [-0.39, 0.29) is 18.1 Å². The molecule has 5 heterocycles.